The number of pyridine rings is 1. The lowest BCUT2D eigenvalue weighted by Crippen LogP contribution is -2.21. The summed E-state index contributed by atoms with van der Waals surface area (Å²) in [6.07, 6.45) is 12.2. The number of aromatic nitrogens is 1. The van der Waals surface area contributed by atoms with Crippen molar-refractivity contribution in [2.45, 2.75) is 71.8 Å². The summed E-state index contributed by atoms with van der Waals surface area (Å²) >= 11 is 0. The zero-order valence-corrected chi connectivity index (χ0v) is 13.2. The SMILES string of the molecule is CCCCCCCCCc1cn(CC)cc(C(=O)O)c1=O. The van der Waals surface area contributed by atoms with Crippen LogP contribution in [0.3, 0.4) is 0 Å². The Balaban J connectivity index is 2.56. The number of carboxylic acids is 1. The molecule has 1 heterocycles. The topological polar surface area (TPSA) is 59.3 Å². The maximum Gasteiger partial charge on any atom is 0.341 e. The Morgan fingerprint density at radius 1 is 1.05 bits per heavy atom. The Kier molecular flexibility index (Phi) is 7.80. The van der Waals surface area contributed by atoms with Crippen LogP contribution < -0.4 is 5.43 Å². The van der Waals surface area contributed by atoms with E-state index < -0.39 is 5.97 Å². The second-order valence-corrected chi connectivity index (χ2v) is 5.53. The summed E-state index contributed by atoms with van der Waals surface area (Å²) < 4.78 is 1.78. The molecule has 0 atom stereocenters. The molecule has 0 saturated carbocycles. The van der Waals surface area contributed by atoms with Gasteiger partial charge in [0.15, 0.2) is 5.43 Å². The van der Waals surface area contributed by atoms with Crippen LogP contribution in [0.2, 0.25) is 0 Å². The molecule has 4 heteroatoms. The minimum Gasteiger partial charge on any atom is -0.477 e. The van der Waals surface area contributed by atoms with Gasteiger partial charge in [-0.1, -0.05) is 45.4 Å². The Morgan fingerprint density at radius 2 is 1.67 bits per heavy atom. The van der Waals surface area contributed by atoms with E-state index in [0.29, 0.717) is 18.5 Å². The van der Waals surface area contributed by atoms with Crippen molar-refractivity contribution in [2.24, 2.45) is 0 Å². The first-order valence-corrected chi connectivity index (χ1v) is 8.06. The minimum atomic E-state index is -1.14. The first kappa shape index (κ1) is 17.5. The van der Waals surface area contributed by atoms with E-state index in [1.165, 1.54) is 38.3 Å². The van der Waals surface area contributed by atoms with Gasteiger partial charge in [0, 0.05) is 24.5 Å². The molecule has 1 rings (SSSR count). The number of carboxylic acid groups (broad SMARTS) is 1. The zero-order chi connectivity index (χ0) is 15.7. The molecule has 118 valence electrons. The van der Waals surface area contributed by atoms with Crippen molar-refractivity contribution < 1.29 is 9.90 Å². The van der Waals surface area contributed by atoms with Gasteiger partial charge in [-0.25, -0.2) is 4.79 Å². The van der Waals surface area contributed by atoms with E-state index >= 15 is 0 Å². The molecular weight excluding hydrogens is 266 g/mol. The fourth-order valence-electron chi connectivity index (χ4n) is 2.48. The number of hydrogen-bond donors (Lipinski definition) is 1. The van der Waals surface area contributed by atoms with Crippen molar-refractivity contribution in [2.75, 3.05) is 0 Å². The summed E-state index contributed by atoms with van der Waals surface area (Å²) in [7, 11) is 0. The minimum absolute atomic E-state index is 0.114. The Morgan fingerprint density at radius 3 is 2.24 bits per heavy atom. The number of carbonyl (C=O) groups is 1. The van der Waals surface area contributed by atoms with E-state index in [1.807, 2.05) is 6.92 Å². The van der Waals surface area contributed by atoms with Crippen molar-refractivity contribution in [3.05, 3.63) is 33.7 Å². The fourth-order valence-corrected chi connectivity index (χ4v) is 2.48. The van der Waals surface area contributed by atoms with E-state index in [0.717, 1.165) is 12.8 Å². The highest BCUT2D eigenvalue weighted by atomic mass is 16.4. The van der Waals surface area contributed by atoms with E-state index in [-0.39, 0.29) is 11.0 Å². The number of nitrogens with zero attached hydrogens (tertiary/aromatic N) is 1. The van der Waals surface area contributed by atoms with Gasteiger partial charge in [0.05, 0.1) is 0 Å². The standard InChI is InChI=1S/C17H27NO3/c1-3-5-6-7-8-9-10-11-14-12-18(4-2)13-15(16(14)19)17(20)21/h12-13H,3-11H2,1-2H3,(H,20,21). The van der Waals surface area contributed by atoms with Gasteiger partial charge in [-0.15, -0.1) is 0 Å². The first-order valence-electron chi connectivity index (χ1n) is 8.06. The van der Waals surface area contributed by atoms with E-state index in [2.05, 4.69) is 6.92 Å². The van der Waals surface area contributed by atoms with Gasteiger partial charge < -0.3 is 9.67 Å². The molecule has 21 heavy (non-hydrogen) atoms. The van der Waals surface area contributed by atoms with Crippen molar-refractivity contribution in [1.82, 2.24) is 4.57 Å². The lowest BCUT2D eigenvalue weighted by Gasteiger charge is -2.08. The molecule has 0 fully saturated rings. The van der Waals surface area contributed by atoms with Crippen molar-refractivity contribution in [3.63, 3.8) is 0 Å². The Labute approximate surface area is 126 Å². The maximum atomic E-state index is 12.1. The molecule has 0 unspecified atom stereocenters. The average Bonchev–Trinajstić information content (AvgIpc) is 2.47. The third-order valence-corrected chi connectivity index (χ3v) is 3.80. The summed E-state index contributed by atoms with van der Waals surface area (Å²) in [6, 6.07) is 0. The molecule has 1 N–H and O–H groups in total. The summed E-state index contributed by atoms with van der Waals surface area (Å²) in [4.78, 5) is 23.2. The lowest BCUT2D eigenvalue weighted by molar-refractivity contribution is 0.0694. The molecule has 0 aliphatic rings. The maximum absolute atomic E-state index is 12.1. The van der Waals surface area contributed by atoms with E-state index in [9.17, 15) is 9.59 Å². The van der Waals surface area contributed by atoms with Gasteiger partial charge in [0.25, 0.3) is 0 Å². The van der Waals surface area contributed by atoms with Crippen LogP contribution in [0.15, 0.2) is 17.2 Å². The smallest absolute Gasteiger partial charge is 0.341 e. The number of unbranched alkanes of at least 4 members (excludes halogenated alkanes) is 6. The molecule has 1 aromatic heterocycles. The fraction of sp³-hybridized carbons (Fsp3) is 0.647. The molecule has 0 amide bonds. The number of rotatable bonds is 10. The number of hydrogen-bond acceptors (Lipinski definition) is 2. The molecule has 0 saturated heterocycles. The van der Waals surface area contributed by atoms with Gasteiger partial charge in [-0.3, -0.25) is 4.79 Å². The van der Waals surface area contributed by atoms with Crippen LogP contribution in [0.5, 0.6) is 0 Å². The largest absolute Gasteiger partial charge is 0.477 e. The second-order valence-electron chi connectivity index (χ2n) is 5.53. The molecule has 0 radical (unpaired) electrons. The van der Waals surface area contributed by atoms with Gasteiger partial charge >= 0.3 is 5.97 Å². The van der Waals surface area contributed by atoms with Crippen LogP contribution in [0, 0.1) is 0 Å². The first-order chi connectivity index (χ1) is 10.1. The average molecular weight is 293 g/mol. The molecular formula is C17H27NO3. The summed E-state index contributed by atoms with van der Waals surface area (Å²) in [5.74, 6) is -1.14. The third kappa shape index (κ3) is 5.74. The predicted octanol–water partition coefficient (Wildman–Crippen LogP) is 3.86. The number of aromatic carboxylic acids is 1. The Hall–Kier alpha value is -1.58. The molecule has 0 spiro atoms. The number of aryl methyl sites for hydroxylation is 2. The summed E-state index contributed by atoms with van der Waals surface area (Å²) in [5.41, 5.74) is 0.195. The molecule has 0 bridgehead atoms. The highest BCUT2D eigenvalue weighted by molar-refractivity contribution is 5.87. The molecule has 1 aromatic rings. The van der Waals surface area contributed by atoms with Gasteiger partial charge in [-0.2, -0.15) is 0 Å². The monoisotopic (exact) mass is 293 g/mol. The van der Waals surface area contributed by atoms with Crippen LogP contribution in [0.1, 0.15) is 74.7 Å². The lowest BCUT2D eigenvalue weighted by atomic mass is 10.0. The summed E-state index contributed by atoms with van der Waals surface area (Å²) in [6.45, 7) is 4.81. The van der Waals surface area contributed by atoms with Crippen LogP contribution in [0.4, 0.5) is 0 Å². The molecule has 0 aromatic carbocycles. The quantitative estimate of drug-likeness (QED) is 0.666. The van der Waals surface area contributed by atoms with Crippen LogP contribution in [0.25, 0.3) is 0 Å². The highest BCUT2D eigenvalue weighted by Gasteiger charge is 2.13. The van der Waals surface area contributed by atoms with E-state index in [4.69, 9.17) is 5.11 Å². The predicted molar refractivity (Wildman–Crippen MR) is 85.0 cm³/mol. The zero-order valence-electron chi connectivity index (χ0n) is 13.2. The van der Waals surface area contributed by atoms with Crippen LogP contribution >= 0.6 is 0 Å². The third-order valence-electron chi connectivity index (χ3n) is 3.80. The van der Waals surface area contributed by atoms with Crippen LogP contribution in [-0.2, 0) is 13.0 Å². The molecule has 0 aliphatic carbocycles. The van der Waals surface area contributed by atoms with Gasteiger partial charge in [0.2, 0.25) is 0 Å². The van der Waals surface area contributed by atoms with Gasteiger partial charge in [-0.05, 0) is 19.8 Å². The van der Waals surface area contributed by atoms with Crippen molar-refractivity contribution >= 4 is 5.97 Å². The molecule has 0 aliphatic heterocycles. The summed E-state index contributed by atoms with van der Waals surface area (Å²) in [5, 5.41) is 9.09. The highest BCUT2D eigenvalue weighted by Crippen LogP contribution is 2.09. The Bertz CT molecular complexity index is 505. The van der Waals surface area contributed by atoms with Gasteiger partial charge in [0.1, 0.15) is 5.56 Å². The normalized spacial score (nSPS) is 10.8. The van der Waals surface area contributed by atoms with Crippen molar-refractivity contribution in [1.29, 1.82) is 0 Å². The second kappa shape index (κ2) is 9.37. The van der Waals surface area contributed by atoms with E-state index in [1.54, 1.807) is 10.8 Å². The van der Waals surface area contributed by atoms with Crippen molar-refractivity contribution in [3.8, 4) is 0 Å². The molecule has 4 nitrogen and oxygen atoms in total. The van der Waals surface area contributed by atoms with Crippen LogP contribution in [-0.4, -0.2) is 15.6 Å².